The molecule has 3 nitrogen and oxygen atoms in total. The molecule has 2 heterocycles. The van der Waals surface area contributed by atoms with Gasteiger partial charge in [-0.2, -0.15) is 0 Å². The fourth-order valence-electron chi connectivity index (χ4n) is 4.09. The van der Waals surface area contributed by atoms with Gasteiger partial charge < -0.3 is 15.4 Å². The molecular formula is C20H26N2O. The van der Waals surface area contributed by atoms with Crippen molar-refractivity contribution in [1.29, 1.82) is 0 Å². The van der Waals surface area contributed by atoms with E-state index in [-0.39, 0.29) is 5.60 Å². The molecule has 3 heteroatoms. The van der Waals surface area contributed by atoms with Gasteiger partial charge in [-0.05, 0) is 56.1 Å². The summed E-state index contributed by atoms with van der Waals surface area (Å²) in [6, 6.07) is 13.1. The van der Waals surface area contributed by atoms with Crippen molar-refractivity contribution >= 4 is 10.8 Å². The molecule has 0 atom stereocenters. The van der Waals surface area contributed by atoms with Crippen molar-refractivity contribution in [2.75, 3.05) is 26.2 Å². The quantitative estimate of drug-likeness (QED) is 0.945. The van der Waals surface area contributed by atoms with Crippen LogP contribution in [0, 0.1) is 0 Å². The standard InChI is InChI=1S/C20H26N2O/c21-12-3-13-22-14-10-20(11-15-22)9-8-17-7-6-16-4-1-2-5-18(16)19(17)23-20/h1-2,4-7H,3,8-15,21H2. The van der Waals surface area contributed by atoms with Crippen molar-refractivity contribution in [2.45, 2.75) is 37.7 Å². The van der Waals surface area contributed by atoms with E-state index in [0.29, 0.717) is 0 Å². The molecule has 1 fully saturated rings. The summed E-state index contributed by atoms with van der Waals surface area (Å²) in [4.78, 5) is 2.54. The van der Waals surface area contributed by atoms with Crippen LogP contribution in [0.5, 0.6) is 5.75 Å². The second-order valence-electron chi connectivity index (χ2n) is 7.04. The Kier molecular flexibility index (Phi) is 4.00. The Morgan fingerprint density at radius 1 is 1.04 bits per heavy atom. The summed E-state index contributed by atoms with van der Waals surface area (Å²) in [5.74, 6) is 1.14. The van der Waals surface area contributed by atoms with Gasteiger partial charge in [-0.25, -0.2) is 0 Å². The molecule has 122 valence electrons. The Hall–Kier alpha value is -1.58. The molecule has 0 aromatic heterocycles. The monoisotopic (exact) mass is 310 g/mol. The van der Waals surface area contributed by atoms with Crippen LogP contribution in [0.2, 0.25) is 0 Å². The maximum atomic E-state index is 6.68. The van der Waals surface area contributed by atoms with E-state index in [0.717, 1.165) is 64.0 Å². The summed E-state index contributed by atoms with van der Waals surface area (Å²) in [5.41, 5.74) is 7.06. The Morgan fingerprint density at radius 3 is 2.70 bits per heavy atom. The molecule has 0 radical (unpaired) electrons. The third-order valence-corrected chi connectivity index (χ3v) is 5.58. The maximum Gasteiger partial charge on any atom is 0.131 e. The highest BCUT2D eigenvalue weighted by atomic mass is 16.5. The Labute approximate surface area is 138 Å². The van der Waals surface area contributed by atoms with Crippen LogP contribution in [-0.2, 0) is 6.42 Å². The Bertz CT molecular complexity index is 689. The summed E-state index contributed by atoms with van der Waals surface area (Å²) in [6.07, 6.45) is 5.67. The van der Waals surface area contributed by atoms with Crippen molar-refractivity contribution in [3.05, 3.63) is 42.0 Å². The zero-order valence-corrected chi connectivity index (χ0v) is 13.8. The van der Waals surface area contributed by atoms with Crippen LogP contribution in [0.3, 0.4) is 0 Å². The highest BCUT2D eigenvalue weighted by Gasteiger charge is 2.39. The zero-order chi connectivity index (χ0) is 15.7. The van der Waals surface area contributed by atoms with Gasteiger partial charge >= 0.3 is 0 Å². The van der Waals surface area contributed by atoms with Crippen LogP contribution in [0.15, 0.2) is 36.4 Å². The summed E-state index contributed by atoms with van der Waals surface area (Å²) in [7, 11) is 0. The summed E-state index contributed by atoms with van der Waals surface area (Å²) in [6.45, 7) is 4.20. The van der Waals surface area contributed by atoms with Crippen molar-refractivity contribution in [1.82, 2.24) is 4.90 Å². The number of nitrogens with zero attached hydrogens (tertiary/aromatic N) is 1. The van der Waals surface area contributed by atoms with E-state index >= 15 is 0 Å². The van der Waals surface area contributed by atoms with E-state index in [1.54, 1.807) is 0 Å². The highest BCUT2D eigenvalue weighted by Crippen LogP contribution is 2.42. The first-order valence-electron chi connectivity index (χ1n) is 8.92. The van der Waals surface area contributed by atoms with E-state index in [1.807, 2.05) is 0 Å². The molecular weight excluding hydrogens is 284 g/mol. The molecule has 1 saturated heterocycles. The first-order chi connectivity index (χ1) is 11.3. The molecule has 2 N–H and O–H groups in total. The molecule has 2 aliphatic heterocycles. The average molecular weight is 310 g/mol. The van der Waals surface area contributed by atoms with Gasteiger partial charge in [0, 0.05) is 18.5 Å². The van der Waals surface area contributed by atoms with Gasteiger partial charge in [0.25, 0.3) is 0 Å². The van der Waals surface area contributed by atoms with Crippen molar-refractivity contribution in [3.63, 3.8) is 0 Å². The molecule has 0 amide bonds. The maximum absolute atomic E-state index is 6.68. The van der Waals surface area contributed by atoms with Crippen LogP contribution in [0.25, 0.3) is 10.8 Å². The van der Waals surface area contributed by atoms with Crippen LogP contribution < -0.4 is 10.5 Å². The van der Waals surface area contributed by atoms with E-state index in [1.165, 1.54) is 16.3 Å². The molecule has 0 bridgehead atoms. The van der Waals surface area contributed by atoms with Crippen LogP contribution in [-0.4, -0.2) is 36.7 Å². The molecule has 2 aliphatic rings. The molecule has 0 unspecified atom stereocenters. The fourth-order valence-corrected chi connectivity index (χ4v) is 4.09. The minimum atomic E-state index is 0.0519. The predicted molar refractivity (Wildman–Crippen MR) is 95.0 cm³/mol. The van der Waals surface area contributed by atoms with Crippen LogP contribution in [0.4, 0.5) is 0 Å². The van der Waals surface area contributed by atoms with Gasteiger partial charge in [-0.15, -0.1) is 0 Å². The number of hydrogen-bond donors (Lipinski definition) is 1. The molecule has 2 aromatic rings. The number of piperidine rings is 1. The van der Waals surface area contributed by atoms with Gasteiger partial charge in [0.1, 0.15) is 11.4 Å². The van der Waals surface area contributed by atoms with E-state index < -0.39 is 0 Å². The first-order valence-corrected chi connectivity index (χ1v) is 8.92. The van der Waals surface area contributed by atoms with Gasteiger partial charge in [0.2, 0.25) is 0 Å². The lowest BCUT2D eigenvalue weighted by Crippen LogP contribution is -2.50. The lowest BCUT2D eigenvalue weighted by molar-refractivity contribution is -0.0132. The van der Waals surface area contributed by atoms with E-state index in [9.17, 15) is 0 Å². The molecule has 2 aromatic carbocycles. The van der Waals surface area contributed by atoms with E-state index in [2.05, 4.69) is 41.3 Å². The number of rotatable bonds is 3. The number of hydrogen-bond acceptors (Lipinski definition) is 3. The van der Waals surface area contributed by atoms with Gasteiger partial charge in [0.15, 0.2) is 0 Å². The van der Waals surface area contributed by atoms with Crippen molar-refractivity contribution in [3.8, 4) is 5.75 Å². The lowest BCUT2D eigenvalue weighted by atomic mass is 9.82. The Balaban J connectivity index is 1.56. The van der Waals surface area contributed by atoms with Crippen LogP contribution in [0.1, 0.15) is 31.2 Å². The number of nitrogens with two attached hydrogens (primary N) is 1. The molecule has 4 rings (SSSR count). The van der Waals surface area contributed by atoms with E-state index in [4.69, 9.17) is 10.5 Å². The zero-order valence-electron chi connectivity index (χ0n) is 13.8. The topological polar surface area (TPSA) is 38.5 Å². The second kappa shape index (κ2) is 6.14. The van der Waals surface area contributed by atoms with Gasteiger partial charge in [-0.3, -0.25) is 0 Å². The number of likely N-dealkylation sites (tertiary alicyclic amines) is 1. The third-order valence-electron chi connectivity index (χ3n) is 5.58. The molecule has 0 saturated carbocycles. The number of aryl methyl sites for hydroxylation is 1. The molecule has 23 heavy (non-hydrogen) atoms. The normalized spacial score (nSPS) is 20.4. The first kappa shape index (κ1) is 15.0. The Morgan fingerprint density at radius 2 is 1.87 bits per heavy atom. The average Bonchev–Trinajstić information content (AvgIpc) is 2.61. The number of benzene rings is 2. The SMILES string of the molecule is NCCCN1CCC2(CCc3ccc4ccccc4c3O2)CC1. The fraction of sp³-hybridized carbons (Fsp3) is 0.500. The smallest absolute Gasteiger partial charge is 0.131 e. The van der Waals surface area contributed by atoms with Crippen molar-refractivity contribution < 1.29 is 4.74 Å². The second-order valence-corrected chi connectivity index (χ2v) is 7.04. The summed E-state index contributed by atoms with van der Waals surface area (Å²) in [5, 5.41) is 2.55. The largest absolute Gasteiger partial charge is 0.486 e. The minimum absolute atomic E-state index is 0.0519. The molecule has 0 aliphatic carbocycles. The van der Waals surface area contributed by atoms with Crippen LogP contribution >= 0.6 is 0 Å². The number of fused-ring (bicyclic) bond motifs is 3. The summed E-state index contributed by atoms with van der Waals surface area (Å²) < 4.78 is 6.68. The number of ether oxygens (including phenoxy) is 1. The minimum Gasteiger partial charge on any atom is -0.486 e. The predicted octanol–water partition coefficient (Wildman–Crippen LogP) is 3.35. The third kappa shape index (κ3) is 2.84. The van der Waals surface area contributed by atoms with Crippen molar-refractivity contribution in [2.24, 2.45) is 5.73 Å². The lowest BCUT2D eigenvalue weighted by Gasteiger charge is -2.45. The van der Waals surface area contributed by atoms with Gasteiger partial charge in [-0.1, -0.05) is 36.4 Å². The molecule has 1 spiro atoms. The van der Waals surface area contributed by atoms with Gasteiger partial charge in [0.05, 0.1) is 0 Å². The summed E-state index contributed by atoms with van der Waals surface area (Å²) >= 11 is 0. The highest BCUT2D eigenvalue weighted by molar-refractivity contribution is 5.89.